The van der Waals surface area contributed by atoms with E-state index < -0.39 is 5.97 Å². The van der Waals surface area contributed by atoms with Gasteiger partial charge in [-0.05, 0) is 44.9 Å². The highest BCUT2D eigenvalue weighted by Gasteiger charge is 1.95. The molecule has 0 heterocycles. The Morgan fingerprint density at radius 2 is 1.35 bits per heavy atom. The first-order chi connectivity index (χ1) is 9.77. The predicted octanol–water partition coefficient (Wildman–Crippen LogP) is 5.71. The van der Waals surface area contributed by atoms with Crippen LogP contribution in [0.15, 0.2) is 24.3 Å². The molecule has 3 heteroatoms. The van der Waals surface area contributed by atoms with Crippen molar-refractivity contribution < 1.29 is 9.90 Å². The van der Waals surface area contributed by atoms with Crippen LogP contribution in [0, 0.1) is 0 Å². The average molecular weight is 301 g/mol. The standard InChI is InChI=1S/C17H29ClO2/c18-16-14-12-10-8-6-4-2-1-3-5-7-9-11-13-15-17(19)20/h1-2,6,8H,3-5,7,9-16H2,(H,19,20)/b2-1-,8-6-. The van der Waals surface area contributed by atoms with E-state index in [2.05, 4.69) is 24.3 Å². The summed E-state index contributed by atoms with van der Waals surface area (Å²) < 4.78 is 0. The van der Waals surface area contributed by atoms with Crippen LogP contribution in [-0.2, 0) is 4.79 Å². The van der Waals surface area contributed by atoms with Gasteiger partial charge in [0.2, 0.25) is 0 Å². The van der Waals surface area contributed by atoms with Crippen molar-refractivity contribution >= 4 is 17.6 Å². The third-order valence-corrected chi connectivity index (χ3v) is 3.39. The first kappa shape index (κ1) is 19.2. The number of alkyl halides is 1. The highest BCUT2D eigenvalue weighted by Crippen LogP contribution is 2.08. The van der Waals surface area contributed by atoms with Crippen LogP contribution < -0.4 is 0 Å². The van der Waals surface area contributed by atoms with Crippen LogP contribution in [0.1, 0.15) is 70.6 Å². The number of hydrogen-bond donors (Lipinski definition) is 1. The molecule has 0 amide bonds. The Morgan fingerprint density at radius 1 is 0.800 bits per heavy atom. The van der Waals surface area contributed by atoms with Crippen LogP contribution in [0.25, 0.3) is 0 Å². The molecule has 0 radical (unpaired) electrons. The van der Waals surface area contributed by atoms with E-state index in [-0.39, 0.29) is 0 Å². The Labute approximate surface area is 128 Å². The van der Waals surface area contributed by atoms with Crippen molar-refractivity contribution in [3.63, 3.8) is 0 Å². The highest BCUT2D eigenvalue weighted by atomic mass is 35.5. The average Bonchev–Trinajstić information content (AvgIpc) is 2.43. The molecule has 0 aliphatic heterocycles. The van der Waals surface area contributed by atoms with Gasteiger partial charge in [-0.1, -0.05) is 43.6 Å². The van der Waals surface area contributed by atoms with Crippen molar-refractivity contribution in [2.24, 2.45) is 0 Å². The zero-order valence-electron chi connectivity index (χ0n) is 12.5. The molecule has 0 aromatic heterocycles. The lowest BCUT2D eigenvalue weighted by atomic mass is 10.1. The summed E-state index contributed by atoms with van der Waals surface area (Å²) in [6, 6.07) is 0. The van der Waals surface area contributed by atoms with Crippen molar-refractivity contribution in [1.82, 2.24) is 0 Å². The zero-order valence-corrected chi connectivity index (χ0v) is 13.3. The predicted molar refractivity (Wildman–Crippen MR) is 87.4 cm³/mol. The van der Waals surface area contributed by atoms with Gasteiger partial charge in [0.15, 0.2) is 0 Å². The van der Waals surface area contributed by atoms with Crippen molar-refractivity contribution in [3.05, 3.63) is 24.3 Å². The molecule has 0 saturated heterocycles. The summed E-state index contributed by atoms with van der Waals surface area (Å²) in [6.45, 7) is 0. The summed E-state index contributed by atoms with van der Waals surface area (Å²) in [5, 5.41) is 8.50. The van der Waals surface area contributed by atoms with Gasteiger partial charge in [0.1, 0.15) is 0 Å². The molecule has 116 valence electrons. The van der Waals surface area contributed by atoms with E-state index >= 15 is 0 Å². The van der Waals surface area contributed by atoms with Crippen LogP contribution in [0.5, 0.6) is 0 Å². The summed E-state index contributed by atoms with van der Waals surface area (Å²) >= 11 is 5.60. The Balaban J connectivity index is 3.17. The number of carbonyl (C=O) groups is 1. The maximum absolute atomic E-state index is 10.3. The molecule has 0 aromatic carbocycles. The third-order valence-electron chi connectivity index (χ3n) is 3.12. The lowest BCUT2D eigenvalue weighted by molar-refractivity contribution is -0.137. The first-order valence-corrected chi connectivity index (χ1v) is 8.38. The van der Waals surface area contributed by atoms with Gasteiger partial charge < -0.3 is 5.11 Å². The molecule has 0 fully saturated rings. The van der Waals surface area contributed by atoms with Crippen LogP contribution in [0.4, 0.5) is 0 Å². The number of rotatable bonds is 14. The Bertz CT molecular complexity index is 272. The van der Waals surface area contributed by atoms with Crippen molar-refractivity contribution in [1.29, 1.82) is 0 Å². The number of aliphatic carboxylic acids is 1. The molecule has 0 aliphatic rings. The molecule has 0 aliphatic carbocycles. The fraction of sp³-hybridized carbons (Fsp3) is 0.706. The highest BCUT2D eigenvalue weighted by molar-refractivity contribution is 6.17. The molecular formula is C17H29ClO2. The Hall–Kier alpha value is -0.760. The fourth-order valence-corrected chi connectivity index (χ4v) is 2.12. The molecule has 0 aromatic rings. The quantitative estimate of drug-likeness (QED) is 0.253. The van der Waals surface area contributed by atoms with Crippen molar-refractivity contribution in [3.8, 4) is 0 Å². The summed E-state index contributed by atoms with van der Waals surface area (Å²) in [6.07, 6.45) is 20.3. The Morgan fingerprint density at radius 3 is 1.95 bits per heavy atom. The van der Waals surface area contributed by atoms with Gasteiger partial charge in [0.05, 0.1) is 0 Å². The van der Waals surface area contributed by atoms with Crippen molar-refractivity contribution in [2.45, 2.75) is 70.6 Å². The van der Waals surface area contributed by atoms with E-state index in [4.69, 9.17) is 16.7 Å². The number of carboxylic acid groups (broad SMARTS) is 1. The van der Waals surface area contributed by atoms with Gasteiger partial charge in [0, 0.05) is 12.3 Å². The van der Waals surface area contributed by atoms with E-state index in [1.807, 2.05) is 0 Å². The second-order valence-electron chi connectivity index (χ2n) is 5.06. The van der Waals surface area contributed by atoms with E-state index in [0.717, 1.165) is 50.8 Å². The zero-order chi connectivity index (χ0) is 14.9. The number of allylic oxidation sites excluding steroid dienone is 4. The number of carboxylic acids is 1. The molecule has 0 rings (SSSR count). The second-order valence-corrected chi connectivity index (χ2v) is 5.44. The van der Waals surface area contributed by atoms with Gasteiger partial charge in [-0.2, -0.15) is 0 Å². The molecule has 0 spiro atoms. The summed E-state index contributed by atoms with van der Waals surface area (Å²) in [5.41, 5.74) is 0. The maximum atomic E-state index is 10.3. The molecule has 2 nitrogen and oxygen atoms in total. The van der Waals surface area contributed by atoms with E-state index in [0.29, 0.717) is 6.42 Å². The van der Waals surface area contributed by atoms with Crippen LogP contribution in [0.3, 0.4) is 0 Å². The van der Waals surface area contributed by atoms with Crippen molar-refractivity contribution in [2.75, 3.05) is 5.88 Å². The Kier molecular flexibility index (Phi) is 15.7. The molecular weight excluding hydrogens is 272 g/mol. The van der Waals surface area contributed by atoms with Gasteiger partial charge >= 0.3 is 5.97 Å². The molecule has 0 saturated carbocycles. The summed E-state index contributed by atoms with van der Waals surface area (Å²) in [4.78, 5) is 10.3. The number of unbranched alkanes of at least 4 members (excludes halogenated alkanes) is 7. The van der Waals surface area contributed by atoms with E-state index in [1.165, 1.54) is 19.3 Å². The maximum Gasteiger partial charge on any atom is 0.303 e. The van der Waals surface area contributed by atoms with Gasteiger partial charge in [0.25, 0.3) is 0 Å². The topological polar surface area (TPSA) is 37.3 Å². The minimum absolute atomic E-state index is 0.317. The monoisotopic (exact) mass is 300 g/mol. The molecule has 0 unspecified atom stereocenters. The smallest absolute Gasteiger partial charge is 0.303 e. The summed E-state index contributed by atoms with van der Waals surface area (Å²) in [5.74, 6) is 0.0907. The second kappa shape index (κ2) is 16.3. The molecule has 0 bridgehead atoms. The van der Waals surface area contributed by atoms with E-state index in [9.17, 15) is 4.79 Å². The largest absolute Gasteiger partial charge is 0.481 e. The third kappa shape index (κ3) is 17.2. The normalized spacial score (nSPS) is 11.7. The van der Waals surface area contributed by atoms with Crippen LogP contribution in [0.2, 0.25) is 0 Å². The minimum atomic E-state index is -0.677. The van der Waals surface area contributed by atoms with Gasteiger partial charge in [-0.25, -0.2) is 0 Å². The number of hydrogen-bond acceptors (Lipinski definition) is 1. The molecule has 0 atom stereocenters. The lowest BCUT2D eigenvalue weighted by Gasteiger charge is -1.98. The molecule has 20 heavy (non-hydrogen) atoms. The summed E-state index contributed by atoms with van der Waals surface area (Å²) in [7, 11) is 0. The molecule has 1 N–H and O–H groups in total. The van der Waals surface area contributed by atoms with Crippen LogP contribution >= 0.6 is 11.6 Å². The SMILES string of the molecule is O=C(O)CCCCCCC/C=C\C/C=C\CCCCCl. The van der Waals surface area contributed by atoms with Gasteiger partial charge in [-0.15, -0.1) is 11.6 Å². The lowest BCUT2D eigenvalue weighted by Crippen LogP contribution is -1.93. The van der Waals surface area contributed by atoms with E-state index in [1.54, 1.807) is 0 Å². The fourth-order valence-electron chi connectivity index (χ4n) is 1.93. The first-order valence-electron chi connectivity index (χ1n) is 7.85. The van der Waals surface area contributed by atoms with Crippen LogP contribution in [-0.4, -0.2) is 17.0 Å². The van der Waals surface area contributed by atoms with Gasteiger partial charge in [-0.3, -0.25) is 4.79 Å². The minimum Gasteiger partial charge on any atom is -0.481 e. The number of halogens is 1.